The molecule has 0 atom stereocenters. The van der Waals surface area contributed by atoms with Crippen molar-refractivity contribution in [3.63, 3.8) is 0 Å². The van der Waals surface area contributed by atoms with Gasteiger partial charge in [-0.1, -0.05) is 12.6 Å². The fraction of sp³-hybridized carbons (Fsp3) is 0.240. The molecule has 0 aliphatic carbocycles. The Bertz CT molecular complexity index is 1320. The van der Waals surface area contributed by atoms with Gasteiger partial charge in [0.1, 0.15) is 11.3 Å². The zero-order valence-corrected chi connectivity index (χ0v) is 19.0. The van der Waals surface area contributed by atoms with Gasteiger partial charge in [0.15, 0.2) is 0 Å². The normalized spacial score (nSPS) is 14.5. The minimum absolute atomic E-state index is 0.631. The fourth-order valence-electron chi connectivity index (χ4n) is 4.28. The Morgan fingerprint density at radius 2 is 1.82 bits per heavy atom. The standard InChI is InChI=1S/C25H28N8/c1-16(20-11-17(4-5-21(20)27-2)18-10-19(26)13-28-12-18)25-30-22-14-29-15-23(24(22)31-25)33-8-6-32(3)7-9-33/h4-5,10-15,27H,1,6-9,26H2,2-3H3,(H,30,31). The van der Waals surface area contributed by atoms with E-state index in [1.54, 1.807) is 6.20 Å². The van der Waals surface area contributed by atoms with E-state index >= 15 is 0 Å². The number of aromatic nitrogens is 4. The van der Waals surface area contributed by atoms with Gasteiger partial charge in [-0.3, -0.25) is 9.97 Å². The highest BCUT2D eigenvalue weighted by Crippen LogP contribution is 2.34. The molecule has 4 heterocycles. The first-order valence-corrected chi connectivity index (χ1v) is 11.0. The predicted molar refractivity (Wildman–Crippen MR) is 135 cm³/mol. The molecule has 8 heteroatoms. The summed E-state index contributed by atoms with van der Waals surface area (Å²) in [5.74, 6) is 0.729. The summed E-state index contributed by atoms with van der Waals surface area (Å²) in [6, 6.07) is 8.10. The second kappa shape index (κ2) is 8.55. The maximum atomic E-state index is 5.95. The van der Waals surface area contributed by atoms with Crippen molar-refractivity contribution in [1.29, 1.82) is 0 Å². The Balaban J connectivity index is 1.53. The van der Waals surface area contributed by atoms with E-state index in [1.807, 2.05) is 43.8 Å². The van der Waals surface area contributed by atoms with Gasteiger partial charge in [0, 0.05) is 68.0 Å². The second-order valence-electron chi connectivity index (χ2n) is 8.43. The Morgan fingerprint density at radius 3 is 2.58 bits per heavy atom. The van der Waals surface area contributed by atoms with Gasteiger partial charge in [0.05, 0.1) is 29.3 Å². The van der Waals surface area contributed by atoms with E-state index in [9.17, 15) is 0 Å². The number of hydrogen-bond donors (Lipinski definition) is 3. The molecule has 0 spiro atoms. The number of imidazole rings is 1. The van der Waals surface area contributed by atoms with Crippen molar-refractivity contribution in [3.8, 4) is 11.1 Å². The molecule has 168 valence electrons. The van der Waals surface area contributed by atoms with Crippen LogP contribution in [-0.4, -0.2) is 65.1 Å². The maximum absolute atomic E-state index is 5.95. The first-order valence-electron chi connectivity index (χ1n) is 11.0. The number of likely N-dealkylation sites (N-methyl/N-ethyl adjacent to an activating group) is 1. The number of fused-ring (bicyclic) bond motifs is 1. The van der Waals surface area contributed by atoms with Crippen molar-refractivity contribution in [2.24, 2.45) is 0 Å². The number of nitrogen functional groups attached to an aromatic ring is 1. The number of H-pyrrole nitrogens is 1. The number of hydrogen-bond acceptors (Lipinski definition) is 7. The van der Waals surface area contributed by atoms with Gasteiger partial charge in [0.25, 0.3) is 0 Å². The average Bonchev–Trinajstić information content (AvgIpc) is 3.28. The highest BCUT2D eigenvalue weighted by molar-refractivity contribution is 5.92. The third kappa shape index (κ3) is 4.01. The summed E-state index contributed by atoms with van der Waals surface area (Å²) in [7, 11) is 4.06. The zero-order chi connectivity index (χ0) is 22.9. The number of anilines is 3. The monoisotopic (exact) mass is 440 g/mol. The van der Waals surface area contributed by atoms with Crippen molar-refractivity contribution < 1.29 is 0 Å². The van der Waals surface area contributed by atoms with E-state index in [-0.39, 0.29) is 0 Å². The summed E-state index contributed by atoms with van der Waals surface area (Å²) in [6.07, 6.45) is 7.19. The Kier molecular flexibility index (Phi) is 5.43. The van der Waals surface area contributed by atoms with Gasteiger partial charge >= 0.3 is 0 Å². The number of rotatable bonds is 5. The summed E-state index contributed by atoms with van der Waals surface area (Å²) in [5, 5.41) is 3.27. The molecule has 0 radical (unpaired) electrons. The van der Waals surface area contributed by atoms with Gasteiger partial charge < -0.3 is 25.8 Å². The van der Waals surface area contributed by atoms with Crippen molar-refractivity contribution in [1.82, 2.24) is 24.8 Å². The molecule has 33 heavy (non-hydrogen) atoms. The highest BCUT2D eigenvalue weighted by atomic mass is 15.3. The largest absolute Gasteiger partial charge is 0.397 e. The lowest BCUT2D eigenvalue weighted by atomic mass is 9.98. The molecule has 4 aromatic rings. The minimum atomic E-state index is 0.631. The summed E-state index contributed by atoms with van der Waals surface area (Å²) >= 11 is 0. The molecule has 4 N–H and O–H groups in total. The number of nitrogens with zero attached hydrogens (tertiary/aromatic N) is 5. The lowest BCUT2D eigenvalue weighted by Crippen LogP contribution is -2.44. The smallest absolute Gasteiger partial charge is 0.138 e. The van der Waals surface area contributed by atoms with E-state index in [2.05, 4.69) is 49.8 Å². The molecule has 1 aromatic carbocycles. The number of benzene rings is 1. The van der Waals surface area contributed by atoms with E-state index in [0.29, 0.717) is 5.69 Å². The zero-order valence-electron chi connectivity index (χ0n) is 19.0. The van der Waals surface area contributed by atoms with Crippen LogP contribution in [0.4, 0.5) is 17.1 Å². The van der Waals surface area contributed by atoms with Gasteiger partial charge in [-0.05, 0) is 30.8 Å². The van der Waals surface area contributed by atoms with Crippen LogP contribution >= 0.6 is 0 Å². The number of nitrogens with two attached hydrogens (primary N) is 1. The molecule has 3 aromatic heterocycles. The summed E-state index contributed by atoms with van der Waals surface area (Å²) in [5.41, 5.74) is 14.2. The topological polar surface area (TPSA) is 99.0 Å². The van der Waals surface area contributed by atoms with E-state index < -0.39 is 0 Å². The predicted octanol–water partition coefficient (Wildman–Crippen LogP) is 3.46. The number of aromatic amines is 1. The first-order chi connectivity index (χ1) is 16.0. The summed E-state index contributed by atoms with van der Waals surface area (Å²) in [4.78, 5) is 21.8. The molecule has 1 aliphatic rings. The number of piperazine rings is 1. The second-order valence-corrected chi connectivity index (χ2v) is 8.43. The third-order valence-electron chi connectivity index (χ3n) is 6.21. The molecule has 0 unspecified atom stereocenters. The molecule has 8 nitrogen and oxygen atoms in total. The molecule has 1 saturated heterocycles. The number of pyridine rings is 2. The van der Waals surface area contributed by atoms with Crippen molar-refractivity contribution in [3.05, 3.63) is 67.0 Å². The van der Waals surface area contributed by atoms with Crippen LogP contribution in [0.3, 0.4) is 0 Å². The van der Waals surface area contributed by atoms with Crippen LogP contribution in [0.15, 0.2) is 55.6 Å². The van der Waals surface area contributed by atoms with Crippen LogP contribution < -0.4 is 16.0 Å². The van der Waals surface area contributed by atoms with Crippen LogP contribution in [0, 0.1) is 0 Å². The van der Waals surface area contributed by atoms with E-state index in [4.69, 9.17) is 10.7 Å². The van der Waals surface area contributed by atoms with E-state index in [0.717, 1.165) is 76.7 Å². The van der Waals surface area contributed by atoms with Crippen LogP contribution in [0.2, 0.25) is 0 Å². The van der Waals surface area contributed by atoms with Gasteiger partial charge in [-0.15, -0.1) is 0 Å². The lowest BCUT2D eigenvalue weighted by Gasteiger charge is -2.33. The molecule has 1 fully saturated rings. The molecule has 0 bridgehead atoms. The Hall–Kier alpha value is -3.91. The molecule has 1 aliphatic heterocycles. The minimum Gasteiger partial charge on any atom is -0.397 e. The van der Waals surface area contributed by atoms with Crippen LogP contribution in [0.25, 0.3) is 27.7 Å². The Labute approximate surface area is 193 Å². The van der Waals surface area contributed by atoms with Gasteiger partial charge in [-0.25, -0.2) is 4.98 Å². The Morgan fingerprint density at radius 1 is 1.03 bits per heavy atom. The first kappa shape index (κ1) is 21.0. The molecule has 0 saturated carbocycles. The van der Waals surface area contributed by atoms with Crippen molar-refractivity contribution in [2.45, 2.75) is 0 Å². The maximum Gasteiger partial charge on any atom is 0.138 e. The fourth-order valence-corrected chi connectivity index (χ4v) is 4.28. The van der Waals surface area contributed by atoms with Crippen LogP contribution in [0.5, 0.6) is 0 Å². The third-order valence-corrected chi connectivity index (χ3v) is 6.21. The lowest BCUT2D eigenvalue weighted by molar-refractivity contribution is 0.313. The van der Waals surface area contributed by atoms with Crippen molar-refractivity contribution >= 4 is 33.7 Å². The average molecular weight is 441 g/mol. The van der Waals surface area contributed by atoms with Gasteiger partial charge in [0.2, 0.25) is 0 Å². The van der Waals surface area contributed by atoms with Crippen LogP contribution in [-0.2, 0) is 0 Å². The highest BCUT2D eigenvalue weighted by Gasteiger charge is 2.20. The van der Waals surface area contributed by atoms with Crippen molar-refractivity contribution in [2.75, 3.05) is 56.2 Å². The van der Waals surface area contributed by atoms with E-state index in [1.165, 1.54) is 0 Å². The number of nitrogens with one attached hydrogen (secondary N) is 2. The summed E-state index contributed by atoms with van der Waals surface area (Å²) in [6.45, 7) is 8.36. The molecular formula is C25H28N8. The van der Waals surface area contributed by atoms with Crippen LogP contribution in [0.1, 0.15) is 11.4 Å². The molecular weight excluding hydrogens is 412 g/mol. The quantitative estimate of drug-likeness (QED) is 0.437. The molecule has 5 rings (SSSR count). The SMILES string of the molecule is C=C(c1nc2c(N3CCN(C)CC3)cncc2[nH]1)c1cc(-c2cncc(N)c2)ccc1NC. The summed E-state index contributed by atoms with van der Waals surface area (Å²) < 4.78 is 0. The van der Waals surface area contributed by atoms with Gasteiger partial charge in [-0.2, -0.15) is 0 Å². The molecule has 0 amide bonds.